The molecule has 0 spiro atoms. The van der Waals surface area contributed by atoms with Crippen LogP contribution >= 0.6 is 0 Å². The minimum Gasteiger partial charge on any atom is -0.355 e. The molecule has 0 aliphatic carbocycles. The van der Waals surface area contributed by atoms with Gasteiger partial charge in [0, 0.05) is 28.9 Å². The molecule has 1 aliphatic heterocycles. The van der Waals surface area contributed by atoms with E-state index in [2.05, 4.69) is 30.4 Å². The summed E-state index contributed by atoms with van der Waals surface area (Å²) in [5.41, 5.74) is 3.13. The van der Waals surface area contributed by atoms with Gasteiger partial charge in [0.15, 0.2) is 5.66 Å². The molecule has 0 radical (unpaired) electrons. The number of amides is 1. The predicted molar refractivity (Wildman–Crippen MR) is 105 cm³/mol. The first kappa shape index (κ1) is 16.4. The summed E-state index contributed by atoms with van der Waals surface area (Å²) < 4.78 is 0. The molecule has 3 heteroatoms. The van der Waals surface area contributed by atoms with Gasteiger partial charge in [-0.3, -0.25) is 4.79 Å². The average Bonchev–Trinajstić information content (AvgIpc) is 2.94. The highest BCUT2D eigenvalue weighted by molar-refractivity contribution is 6.01. The summed E-state index contributed by atoms with van der Waals surface area (Å²) in [7, 11) is 0. The number of carbonyl (C=O) groups is 1. The Morgan fingerprint density at radius 1 is 0.846 bits per heavy atom. The van der Waals surface area contributed by atoms with E-state index in [9.17, 15) is 4.79 Å². The highest BCUT2D eigenvalue weighted by Gasteiger charge is 2.50. The minimum atomic E-state index is -0.702. The second-order valence-electron chi connectivity index (χ2n) is 6.57. The van der Waals surface area contributed by atoms with Crippen LogP contribution in [-0.4, -0.2) is 17.4 Å². The van der Waals surface area contributed by atoms with Crippen molar-refractivity contribution in [2.24, 2.45) is 0 Å². The first-order valence-electron chi connectivity index (χ1n) is 9.07. The molecule has 3 aromatic rings. The van der Waals surface area contributed by atoms with Crippen LogP contribution in [0.15, 0.2) is 84.9 Å². The van der Waals surface area contributed by atoms with Crippen LogP contribution in [0.1, 0.15) is 34.8 Å². The Morgan fingerprint density at radius 3 is 2.15 bits per heavy atom. The molecule has 26 heavy (non-hydrogen) atoms. The number of hydrogen-bond acceptors (Lipinski definition) is 2. The third kappa shape index (κ3) is 2.48. The number of benzene rings is 3. The largest absolute Gasteiger partial charge is 0.355 e. The van der Waals surface area contributed by atoms with Gasteiger partial charge in [-0.1, -0.05) is 73.7 Å². The van der Waals surface area contributed by atoms with Crippen molar-refractivity contribution in [2.75, 3.05) is 11.9 Å². The van der Waals surface area contributed by atoms with Crippen molar-refractivity contribution in [3.63, 3.8) is 0 Å². The third-order valence-electron chi connectivity index (χ3n) is 4.94. The lowest BCUT2D eigenvalue weighted by atomic mass is 9.90. The van der Waals surface area contributed by atoms with E-state index in [1.807, 2.05) is 71.6 Å². The van der Waals surface area contributed by atoms with E-state index in [4.69, 9.17) is 0 Å². The minimum absolute atomic E-state index is 0.0785. The predicted octanol–water partition coefficient (Wildman–Crippen LogP) is 4.87. The standard InChI is InChI=1S/C23H22N2O/c1-2-17-25-22(26)20-15-9-10-16-21(20)23(25,18-11-5-3-6-12-18)24-19-13-7-4-8-14-19/h3-16,24H,2,17H2,1H3/t23-/m1/s1. The summed E-state index contributed by atoms with van der Waals surface area (Å²) in [4.78, 5) is 15.2. The molecule has 1 heterocycles. The maximum atomic E-state index is 13.3. The molecule has 4 rings (SSSR count). The summed E-state index contributed by atoms with van der Waals surface area (Å²) in [6, 6.07) is 28.3. The third-order valence-corrected chi connectivity index (χ3v) is 4.94. The first-order chi connectivity index (χ1) is 12.8. The zero-order valence-electron chi connectivity index (χ0n) is 14.9. The molecule has 3 nitrogen and oxygen atoms in total. The Hall–Kier alpha value is -3.07. The zero-order valence-corrected chi connectivity index (χ0v) is 14.9. The highest BCUT2D eigenvalue weighted by atomic mass is 16.2. The molecular formula is C23H22N2O. The topological polar surface area (TPSA) is 32.3 Å². The highest BCUT2D eigenvalue weighted by Crippen LogP contribution is 2.44. The fourth-order valence-corrected chi connectivity index (χ4v) is 3.85. The van der Waals surface area contributed by atoms with Crippen LogP contribution in [0, 0.1) is 0 Å². The Bertz CT molecular complexity index is 908. The second-order valence-corrected chi connectivity index (χ2v) is 6.57. The van der Waals surface area contributed by atoms with Crippen LogP contribution in [-0.2, 0) is 5.66 Å². The Kier molecular flexibility index (Phi) is 4.21. The smallest absolute Gasteiger partial charge is 0.256 e. The van der Waals surface area contributed by atoms with Gasteiger partial charge in [0.1, 0.15) is 0 Å². The molecule has 3 aromatic carbocycles. The van der Waals surface area contributed by atoms with Crippen molar-refractivity contribution in [3.05, 3.63) is 102 Å². The summed E-state index contributed by atoms with van der Waals surface area (Å²) in [6.07, 6.45) is 0.894. The van der Waals surface area contributed by atoms with Crippen molar-refractivity contribution < 1.29 is 4.79 Å². The lowest BCUT2D eigenvalue weighted by Crippen LogP contribution is -2.50. The van der Waals surface area contributed by atoms with Gasteiger partial charge in [0.2, 0.25) is 0 Å². The molecule has 130 valence electrons. The van der Waals surface area contributed by atoms with Crippen molar-refractivity contribution in [2.45, 2.75) is 19.0 Å². The van der Waals surface area contributed by atoms with Crippen LogP contribution in [0.4, 0.5) is 5.69 Å². The van der Waals surface area contributed by atoms with E-state index in [1.165, 1.54) is 0 Å². The average molecular weight is 342 g/mol. The van der Waals surface area contributed by atoms with Crippen LogP contribution < -0.4 is 5.32 Å². The number of nitrogens with one attached hydrogen (secondary N) is 1. The van der Waals surface area contributed by atoms with E-state index in [1.54, 1.807) is 0 Å². The molecule has 1 aliphatic rings. The van der Waals surface area contributed by atoms with Gasteiger partial charge in [-0.25, -0.2) is 0 Å². The van der Waals surface area contributed by atoms with Gasteiger partial charge in [-0.2, -0.15) is 0 Å². The van der Waals surface area contributed by atoms with E-state index < -0.39 is 5.66 Å². The normalized spacial score (nSPS) is 18.7. The van der Waals surface area contributed by atoms with Crippen LogP contribution in [0.5, 0.6) is 0 Å². The van der Waals surface area contributed by atoms with Crippen molar-refractivity contribution >= 4 is 11.6 Å². The number of nitrogens with zero attached hydrogens (tertiary/aromatic N) is 1. The maximum Gasteiger partial charge on any atom is 0.256 e. The van der Waals surface area contributed by atoms with Crippen molar-refractivity contribution in [3.8, 4) is 0 Å². The molecule has 1 N–H and O–H groups in total. The Balaban J connectivity index is 1.98. The second kappa shape index (κ2) is 6.68. The Labute approximate surface area is 154 Å². The maximum absolute atomic E-state index is 13.3. The number of hydrogen-bond donors (Lipinski definition) is 1. The van der Waals surface area contributed by atoms with Crippen LogP contribution in [0.3, 0.4) is 0 Å². The van der Waals surface area contributed by atoms with E-state index in [0.717, 1.165) is 28.8 Å². The fourth-order valence-electron chi connectivity index (χ4n) is 3.85. The number of carbonyl (C=O) groups excluding carboxylic acids is 1. The number of para-hydroxylation sites is 1. The zero-order chi connectivity index (χ0) is 18.0. The monoisotopic (exact) mass is 342 g/mol. The van der Waals surface area contributed by atoms with Crippen LogP contribution in [0.2, 0.25) is 0 Å². The van der Waals surface area contributed by atoms with Crippen LogP contribution in [0.25, 0.3) is 0 Å². The molecule has 0 aromatic heterocycles. The van der Waals surface area contributed by atoms with E-state index >= 15 is 0 Å². The van der Waals surface area contributed by atoms with Crippen molar-refractivity contribution in [1.29, 1.82) is 0 Å². The quantitative estimate of drug-likeness (QED) is 0.718. The molecule has 0 bridgehead atoms. The van der Waals surface area contributed by atoms with Gasteiger partial charge in [-0.05, 0) is 24.6 Å². The van der Waals surface area contributed by atoms with Gasteiger partial charge >= 0.3 is 0 Å². The van der Waals surface area contributed by atoms with Gasteiger partial charge in [-0.15, -0.1) is 0 Å². The Morgan fingerprint density at radius 2 is 1.46 bits per heavy atom. The summed E-state index contributed by atoms with van der Waals surface area (Å²) >= 11 is 0. The molecule has 0 saturated heterocycles. The number of rotatable bonds is 5. The molecule has 0 saturated carbocycles. The summed E-state index contributed by atoms with van der Waals surface area (Å²) in [6.45, 7) is 2.79. The SMILES string of the molecule is CCCN1C(=O)c2ccccc2[C@@]1(Nc1ccccc1)c1ccccc1. The first-order valence-corrected chi connectivity index (χ1v) is 9.07. The fraction of sp³-hybridized carbons (Fsp3) is 0.174. The van der Waals surface area contributed by atoms with E-state index in [-0.39, 0.29) is 5.91 Å². The van der Waals surface area contributed by atoms with Gasteiger partial charge < -0.3 is 10.2 Å². The summed E-state index contributed by atoms with van der Waals surface area (Å²) in [5, 5.41) is 3.70. The summed E-state index contributed by atoms with van der Waals surface area (Å²) in [5.74, 6) is 0.0785. The van der Waals surface area contributed by atoms with Crippen molar-refractivity contribution in [1.82, 2.24) is 4.90 Å². The lowest BCUT2D eigenvalue weighted by Gasteiger charge is -2.41. The molecule has 0 unspecified atom stereocenters. The molecule has 1 atom stereocenters. The lowest BCUT2D eigenvalue weighted by molar-refractivity contribution is 0.0663. The molecular weight excluding hydrogens is 320 g/mol. The van der Waals surface area contributed by atoms with E-state index in [0.29, 0.717) is 6.54 Å². The molecule has 1 amide bonds. The van der Waals surface area contributed by atoms with Gasteiger partial charge in [0.25, 0.3) is 5.91 Å². The number of anilines is 1. The number of fused-ring (bicyclic) bond motifs is 1. The molecule has 0 fully saturated rings. The van der Waals surface area contributed by atoms with Gasteiger partial charge in [0.05, 0.1) is 0 Å².